The molecule has 0 amide bonds. The third-order valence-electron chi connectivity index (χ3n) is 1.76. The highest BCUT2D eigenvalue weighted by atomic mass is 13.8. The monoisotopic (exact) mass is 172 g/mol. The van der Waals surface area contributed by atoms with Crippen LogP contribution in [0.5, 0.6) is 0 Å². The molecule has 0 radical (unpaired) electrons. The number of hydrogen-bond acceptors (Lipinski definition) is 0. The van der Waals surface area contributed by atoms with E-state index < -0.39 is 0 Å². The fraction of sp³-hybridized carbons (Fsp3) is 0.231. The summed E-state index contributed by atoms with van der Waals surface area (Å²) in [6.07, 6.45) is 24.5. The Morgan fingerprint density at radius 2 is 0.923 bits per heavy atom. The third kappa shape index (κ3) is 5.92. The van der Waals surface area contributed by atoms with Crippen LogP contribution >= 0.6 is 0 Å². The van der Waals surface area contributed by atoms with Gasteiger partial charge in [0.25, 0.3) is 0 Å². The molecule has 0 heteroatoms. The number of hydrogen-bond donors (Lipinski definition) is 0. The smallest absolute Gasteiger partial charge is 0.0163 e. The minimum absolute atomic E-state index is 1.01. The lowest BCUT2D eigenvalue weighted by Crippen LogP contribution is -1.62. The van der Waals surface area contributed by atoms with Gasteiger partial charge in [-0.05, 0) is 19.3 Å². The summed E-state index contributed by atoms with van der Waals surface area (Å²) in [5, 5.41) is 0. The van der Waals surface area contributed by atoms with Gasteiger partial charge >= 0.3 is 0 Å². The average Bonchev–Trinajstić information content (AvgIpc) is 2.18. The maximum absolute atomic E-state index is 2.20. The van der Waals surface area contributed by atoms with Crippen LogP contribution in [0.1, 0.15) is 19.3 Å². The van der Waals surface area contributed by atoms with Gasteiger partial charge in [0.1, 0.15) is 0 Å². The van der Waals surface area contributed by atoms with E-state index >= 15 is 0 Å². The maximum Gasteiger partial charge on any atom is -0.0163 e. The Morgan fingerprint density at radius 1 is 0.462 bits per heavy atom. The summed E-state index contributed by atoms with van der Waals surface area (Å²) in [4.78, 5) is 0. The lowest BCUT2D eigenvalue weighted by molar-refractivity contribution is 1.05. The number of allylic oxidation sites excluding steroid dienone is 10. The van der Waals surface area contributed by atoms with Crippen LogP contribution in [0, 0.1) is 0 Å². The predicted octanol–water partition coefficient (Wildman–Crippen LogP) is 3.95. The highest BCUT2D eigenvalue weighted by Crippen LogP contribution is 1.96. The second-order valence-corrected chi connectivity index (χ2v) is 2.91. The molecule has 0 heterocycles. The molecule has 0 bridgehead atoms. The van der Waals surface area contributed by atoms with Crippen molar-refractivity contribution in [3.05, 3.63) is 60.8 Å². The van der Waals surface area contributed by atoms with Gasteiger partial charge in [0.2, 0.25) is 0 Å². The zero-order valence-corrected chi connectivity index (χ0v) is 7.89. The molecule has 1 aliphatic carbocycles. The van der Waals surface area contributed by atoms with Gasteiger partial charge in [-0.3, -0.25) is 0 Å². The largest absolute Gasteiger partial charge is 0.0842 e. The van der Waals surface area contributed by atoms with Crippen LogP contribution in [0.4, 0.5) is 0 Å². The number of rotatable bonds is 0. The Kier molecular flexibility index (Phi) is 5.54. The van der Waals surface area contributed by atoms with Crippen molar-refractivity contribution in [2.75, 3.05) is 0 Å². The Bertz CT molecular complexity index is 249. The molecule has 1 rings (SSSR count). The van der Waals surface area contributed by atoms with E-state index in [9.17, 15) is 0 Å². The summed E-state index contributed by atoms with van der Waals surface area (Å²) in [5.41, 5.74) is 0. The molecule has 0 atom stereocenters. The van der Waals surface area contributed by atoms with Crippen LogP contribution in [0.25, 0.3) is 0 Å². The van der Waals surface area contributed by atoms with Crippen LogP contribution in [0.15, 0.2) is 60.8 Å². The Labute approximate surface area is 80.7 Å². The second kappa shape index (κ2) is 7.35. The van der Waals surface area contributed by atoms with Crippen LogP contribution in [0.3, 0.4) is 0 Å². The van der Waals surface area contributed by atoms with Crippen molar-refractivity contribution in [1.82, 2.24) is 0 Å². The molecular weight excluding hydrogens is 156 g/mol. The molecule has 0 N–H and O–H groups in total. The summed E-state index contributed by atoms with van der Waals surface area (Å²) in [7, 11) is 0. The molecule has 0 aliphatic heterocycles. The molecule has 0 aromatic carbocycles. The van der Waals surface area contributed by atoms with E-state index in [1.54, 1.807) is 0 Å². The first-order valence-electron chi connectivity index (χ1n) is 4.80. The van der Waals surface area contributed by atoms with Crippen molar-refractivity contribution in [2.45, 2.75) is 19.3 Å². The molecule has 68 valence electrons. The lowest BCUT2D eigenvalue weighted by atomic mass is 10.2. The van der Waals surface area contributed by atoms with Gasteiger partial charge in [0, 0.05) is 0 Å². The van der Waals surface area contributed by atoms with Crippen LogP contribution in [0.2, 0.25) is 0 Å². The second-order valence-electron chi connectivity index (χ2n) is 2.91. The lowest BCUT2D eigenvalue weighted by Gasteiger charge is -1.83. The Hall–Kier alpha value is -1.30. The van der Waals surface area contributed by atoms with Crippen molar-refractivity contribution in [3.8, 4) is 0 Å². The van der Waals surface area contributed by atoms with Gasteiger partial charge in [-0.25, -0.2) is 0 Å². The summed E-state index contributed by atoms with van der Waals surface area (Å²) in [6, 6.07) is 0. The normalized spacial score (nSPS) is 17.8. The summed E-state index contributed by atoms with van der Waals surface area (Å²) in [5.74, 6) is 0. The average molecular weight is 172 g/mol. The van der Waals surface area contributed by atoms with E-state index in [4.69, 9.17) is 0 Å². The molecular formula is C13H16. The van der Waals surface area contributed by atoms with Crippen molar-refractivity contribution in [2.24, 2.45) is 0 Å². The standard InChI is InChI=1S/C13H16/c1-2-4-6-8-10-12-13-11-9-7-5-3-1/h1-6,9,11-13H,7-8,10H2. The van der Waals surface area contributed by atoms with E-state index in [1.807, 2.05) is 0 Å². The zero-order chi connectivity index (χ0) is 9.19. The highest BCUT2D eigenvalue weighted by Gasteiger charge is 1.75. The van der Waals surface area contributed by atoms with E-state index in [0.717, 1.165) is 19.3 Å². The Morgan fingerprint density at radius 3 is 1.62 bits per heavy atom. The molecule has 0 saturated heterocycles. The summed E-state index contributed by atoms with van der Waals surface area (Å²) in [6.45, 7) is 0. The fourth-order valence-electron chi connectivity index (χ4n) is 1.06. The summed E-state index contributed by atoms with van der Waals surface area (Å²) < 4.78 is 0. The summed E-state index contributed by atoms with van der Waals surface area (Å²) >= 11 is 0. The topological polar surface area (TPSA) is 0 Å². The molecule has 0 spiro atoms. The molecule has 1 aliphatic rings. The zero-order valence-electron chi connectivity index (χ0n) is 7.89. The van der Waals surface area contributed by atoms with Crippen LogP contribution in [-0.4, -0.2) is 0 Å². The quantitative estimate of drug-likeness (QED) is 0.519. The molecule has 0 saturated carbocycles. The molecule has 0 unspecified atom stereocenters. The van der Waals surface area contributed by atoms with Crippen molar-refractivity contribution in [1.29, 1.82) is 0 Å². The molecule has 0 aromatic rings. The Balaban J connectivity index is 2.49. The van der Waals surface area contributed by atoms with Gasteiger partial charge in [-0.1, -0.05) is 60.8 Å². The SMILES string of the molecule is C1=CC=CCCC=CC=CCC=C1. The maximum atomic E-state index is 2.20. The molecule has 0 aromatic heterocycles. The van der Waals surface area contributed by atoms with Crippen molar-refractivity contribution in [3.63, 3.8) is 0 Å². The van der Waals surface area contributed by atoms with E-state index in [1.165, 1.54) is 0 Å². The molecule has 13 heavy (non-hydrogen) atoms. The van der Waals surface area contributed by atoms with E-state index in [0.29, 0.717) is 0 Å². The molecule has 0 fully saturated rings. The van der Waals surface area contributed by atoms with Gasteiger partial charge < -0.3 is 0 Å². The van der Waals surface area contributed by atoms with Crippen molar-refractivity contribution < 1.29 is 0 Å². The van der Waals surface area contributed by atoms with Crippen molar-refractivity contribution >= 4 is 0 Å². The third-order valence-corrected chi connectivity index (χ3v) is 1.76. The first-order chi connectivity index (χ1) is 6.50. The van der Waals surface area contributed by atoms with Gasteiger partial charge in [-0.15, -0.1) is 0 Å². The predicted molar refractivity (Wildman–Crippen MR) is 59.6 cm³/mol. The van der Waals surface area contributed by atoms with Crippen LogP contribution in [-0.2, 0) is 0 Å². The molecule has 0 nitrogen and oxygen atoms in total. The first-order valence-corrected chi connectivity index (χ1v) is 4.80. The van der Waals surface area contributed by atoms with E-state index in [2.05, 4.69) is 60.8 Å². The van der Waals surface area contributed by atoms with Gasteiger partial charge in [0.15, 0.2) is 0 Å². The highest BCUT2D eigenvalue weighted by molar-refractivity contribution is 5.13. The van der Waals surface area contributed by atoms with Gasteiger partial charge in [0.05, 0.1) is 0 Å². The van der Waals surface area contributed by atoms with E-state index in [-0.39, 0.29) is 0 Å². The fourth-order valence-corrected chi connectivity index (χ4v) is 1.06. The minimum atomic E-state index is 1.01. The van der Waals surface area contributed by atoms with Gasteiger partial charge in [-0.2, -0.15) is 0 Å². The minimum Gasteiger partial charge on any atom is -0.0842 e. The van der Waals surface area contributed by atoms with Crippen LogP contribution < -0.4 is 0 Å². The first kappa shape index (κ1) is 9.79.